The molecule has 150 valence electrons. The molecule has 0 aliphatic carbocycles. The zero-order valence-corrected chi connectivity index (χ0v) is 16.4. The largest absolute Gasteiger partial charge is 0.341 e. The molecule has 0 radical (unpaired) electrons. The fourth-order valence-electron chi connectivity index (χ4n) is 5.23. The molecular formula is C23H25N3O3. The summed E-state index contributed by atoms with van der Waals surface area (Å²) in [5, 5.41) is 0. The van der Waals surface area contributed by atoms with E-state index in [9.17, 15) is 14.4 Å². The second kappa shape index (κ2) is 7.17. The van der Waals surface area contributed by atoms with Crippen LogP contribution in [0.4, 0.5) is 0 Å². The zero-order valence-electron chi connectivity index (χ0n) is 16.4. The number of fused-ring (bicyclic) bond motifs is 4. The SMILES string of the molecule is O=C1CC(C(=O)N2C[C@H]3C[C@H](C2)c2cccc(=O)n2C3)CN1Cc1ccccc1. The minimum absolute atomic E-state index is 0.0509. The van der Waals surface area contributed by atoms with Gasteiger partial charge in [0, 0.05) is 56.8 Å². The summed E-state index contributed by atoms with van der Waals surface area (Å²) in [6, 6.07) is 15.3. The Hall–Kier alpha value is -2.89. The third-order valence-corrected chi connectivity index (χ3v) is 6.57. The lowest BCUT2D eigenvalue weighted by Crippen LogP contribution is -2.50. The molecule has 3 aliphatic heterocycles. The highest BCUT2D eigenvalue weighted by Crippen LogP contribution is 2.36. The van der Waals surface area contributed by atoms with Gasteiger partial charge < -0.3 is 14.4 Å². The molecule has 1 unspecified atom stereocenters. The Kier molecular flexibility index (Phi) is 4.49. The average Bonchev–Trinajstić information content (AvgIpc) is 3.09. The van der Waals surface area contributed by atoms with Gasteiger partial charge in [0.15, 0.2) is 0 Å². The number of piperidine rings is 1. The number of carbonyl (C=O) groups is 2. The van der Waals surface area contributed by atoms with Crippen LogP contribution in [0.25, 0.3) is 0 Å². The predicted molar refractivity (Wildman–Crippen MR) is 108 cm³/mol. The minimum atomic E-state index is -0.261. The lowest BCUT2D eigenvalue weighted by molar-refractivity contribution is -0.138. The van der Waals surface area contributed by atoms with Gasteiger partial charge in [-0.1, -0.05) is 36.4 Å². The lowest BCUT2D eigenvalue weighted by Gasteiger charge is -2.43. The zero-order chi connectivity index (χ0) is 20.0. The maximum atomic E-state index is 13.2. The molecule has 3 atom stereocenters. The third-order valence-electron chi connectivity index (χ3n) is 6.57. The van der Waals surface area contributed by atoms with Gasteiger partial charge >= 0.3 is 0 Å². The topological polar surface area (TPSA) is 62.6 Å². The smallest absolute Gasteiger partial charge is 0.250 e. The quantitative estimate of drug-likeness (QED) is 0.802. The predicted octanol–water partition coefficient (Wildman–Crippen LogP) is 1.84. The van der Waals surface area contributed by atoms with Crippen LogP contribution in [0.5, 0.6) is 0 Å². The first kappa shape index (κ1) is 18.2. The number of rotatable bonds is 3. The fourth-order valence-corrected chi connectivity index (χ4v) is 5.23. The van der Waals surface area contributed by atoms with Gasteiger partial charge in [-0.3, -0.25) is 14.4 Å². The molecule has 0 saturated carbocycles. The highest BCUT2D eigenvalue weighted by Gasteiger charge is 2.41. The number of nitrogens with zero attached hydrogens (tertiary/aromatic N) is 3. The van der Waals surface area contributed by atoms with Crippen molar-refractivity contribution in [3.8, 4) is 0 Å². The summed E-state index contributed by atoms with van der Waals surface area (Å²) in [5.74, 6) is 0.403. The lowest BCUT2D eigenvalue weighted by atomic mass is 9.82. The van der Waals surface area contributed by atoms with Crippen molar-refractivity contribution in [3.05, 3.63) is 70.1 Å². The maximum absolute atomic E-state index is 13.2. The Balaban J connectivity index is 1.28. The summed E-state index contributed by atoms with van der Waals surface area (Å²) in [4.78, 5) is 41.7. The van der Waals surface area contributed by atoms with Gasteiger partial charge in [-0.05, 0) is 24.0 Å². The van der Waals surface area contributed by atoms with Crippen molar-refractivity contribution in [2.24, 2.45) is 11.8 Å². The molecule has 2 fully saturated rings. The fraction of sp³-hybridized carbons (Fsp3) is 0.435. The highest BCUT2D eigenvalue weighted by molar-refractivity contribution is 5.89. The van der Waals surface area contributed by atoms with E-state index in [2.05, 4.69) is 0 Å². The van der Waals surface area contributed by atoms with Gasteiger partial charge in [-0.15, -0.1) is 0 Å². The first-order valence-electron chi connectivity index (χ1n) is 10.4. The molecule has 1 aromatic carbocycles. The number of likely N-dealkylation sites (tertiary alicyclic amines) is 2. The Morgan fingerprint density at radius 3 is 2.59 bits per heavy atom. The molecule has 6 heteroatoms. The van der Waals surface area contributed by atoms with Gasteiger partial charge in [0.2, 0.25) is 11.8 Å². The molecule has 4 heterocycles. The van der Waals surface area contributed by atoms with Crippen molar-refractivity contribution in [3.63, 3.8) is 0 Å². The molecule has 2 bridgehead atoms. The van der Waals surface area contributed by atoms with E-state index in [0.29, 0.717) is 45.1 Å². The molecule has 29 heavy (non-hydrogen) atoms. The Morgan fingerprint density at radius 1 is 0.931 bits per heavy atom. The molecule has 2 amide bonds. The van der Waals surface area contributed by atoms with Gasteiger partial charge in [0.25, 0.3) is 5.56 Å². The van der Waals surface area contributed by atoms with Gasteiger partial charge in [0.05, 0.1) is 5.92 Å². The van der Waals surface area contributed by atoms with E-state index < -0.39 is 0 Å². The van der Waals surface area contributed by atoms with Crippen LogP contribution in [0.15, 0.2) is 53.3 Å². The van der Waals surface area contributed by atoms with Crippen molar-refractivity contribution in [2.75, 3.05) is 19.6 Å². The first-order valence-corrected chi connectivity index (χ1v) is 10.4. The van der Waals surface area contributed by atoms with Gasteiger partial charge in [-0.25, -0.2) is 0 Å². The van der Waals surface area contributed by atoms with Gasteiger partial charge in [-0.2, -0.15) is 0 Å². The van der Waals surface area contributed by atoms with Crippen LogP contribution in [0.1, 0.15) is 30.0 Å². The van der Waals surface area contributed by atoms with E-state index >= 15 is 0 Å². The van der Waals surface area contributed by atoms with E-state index in [1.54, 1.807) is 11.0 Å². The normalized spacial score (nSPS) is 25.8. The number of aromatic nitrogens is 1. The van der Waals surface area contributed by atoms with Crippen LogP contribution in [-0.2, 0) is 22.7 Å². The number of benzene rings is 1. The summed E-state index contributed by atoms with van der Waals surface area (Å²) in [6.45, 7) is 3.06. The number of hydrogen-bond donors (Lipinski definition) is 0. The van der Waals surface area contributed by atoms with Crippen molar-refractivity contribution in [1.82, 2.24) is 14.4 Å². The number of carbonyl (C=O) groups excluding carboxylic acids is 2. The second-order valence-electron chi connectivity index (χ2n) is 8.60. The van der Waals surface area contributed by atoms with Crippen LogP contribution < -0.4 is 5.56 Å². The average molecular weight is 391 g/mol. The van der Waals surface area contributed by atoms with E-state index in [-0.39, 0.29) is 29.2 Å². The number of amides is 2. The summed E-state index contributed by atoms with van der Waals surface area (Å²) in [6.07, 6.45) is 1.32. The van der Waals surface area contributed by atoms with Gasteiger partial charge in [0.1, 0.15) is 0 Å². The maximum Gasteiger partial charge on any atom is 0.250 e. The van der Waals surface area contributed by atoms with Crippen molar-refractivity contribution in [2.45, 2.75) is 31.8 Å². The summed E-state index contributed by atoms with van der Waals surface area (Å²) in [7, 11) is 0. The second-order valence-corrected chi connectivity index (χ2v) is 8.60. The van der Waals surface area contributed by atoms with Crippen LogP contribution >= 0.6 is 0 Å². The standard InChI is InChI=1S/C23H25N3O3/c27-21-8-4-7-20-18-9-17(13-26(20)21)12-25(14-18)23(29)19-10-22(28)24(15-19)11-16-5-2-1-3-6-16/h1-8,17-19H,9-15H2/t17-,18-,19?/m1/s1. The van der Waals surface area contributed by atoms with Crippen LogP contribution in [0, 0.1) is 11.8 Å². The Morgan fingerprint density at radius 2 is 1.76 bits per heavy atom. The summed E-state index contributed by atoms with van der Waals surface area (Å²) >= 11 is 0. The molecule has 0 spiro atoms. The monoisotopic (exact) mass is 391 g/mol. The first-order chi connectivity index (χ1) is 14.1. The summed E-state index contributed by atoms with van der Waals surface area (Å²) < 4.78 is 1.88. The van der Waals surface area contributed by atoms with Crippen LogP contribution in [0.2, 0.25) is 0 Å². The molecule has 6 nitrogen and oxygen atoms in total. The van der Waals surface area contributed by atoms with E-state index in [1.807, 2.05) is 51.9 Å². The van der Waals surface area contributed by atoms with Crippen molar-refractivity contribution < 1.29 is 9.59 Å². The molecule has 2 aromatic rings. The highest BCUT2D eigenvalue weighted by atomic mass is 16.2. The molecule has 2 saturated heterocycles. The third kappa shape index (κ3) is 3.37. The number of hydrogen-bond acceptors (Lipinski definition) is 3. The van der Waals surface area contributed by atoms with Crippen LogP contribution in [0.3, 0.4) is 0 Å². The van der Waals surface area contributed by atoms with Crippen LogP contribution in [-0.4, -0.2) is 45.8 Å². The van der Waals surface area contributed by atoms with E-state index in [0.717, 1.165) is 17.7 Å². The Labute approximate surface area is 169 Å². The Bertz CT molecular complexity index is 1000. The molecule has 1 aromatic heterocycles. The van der Waals surface area contributed by atoms with Crippen molar-refractivity contribution >= 4 is 11.8 Å². The minimum Gasteiger partial charge on any atom is -0.341 e. The van der Waals surface area contributed by atoms with Crippen molar-refractivity contribution in [1.29, 1.82) is 0 Å². The molecule has 0 N–H and O–H groups in total. The molecule has 3 aliphatic rings. The van der Waals surface area contributed by atoms with E-state index in [1.165, 1.54) is 0 Å². The summed E-state index contributed by atoms with van der Waals surface area (Å²) in [5.41, 5.74) is 2.18. The number of pyridine rings is 1. The molecular weight excluding hydrogens is 366 g/mol. The van der Waals surface area contributed by atoms with E-state index in [4.69, 9.17) is 0 Å². The molecule has 5 rings (SSSR count).